The van der Waals surface area contributed by atoms with E-state index >= 15 is 0 Å². The fourth-order valence-electron chi connectivity index (χ4n) is 3.16. The van der Waals surface area contributed by atoms with Crippen molar-refractivity contribution in [2.75, 3.05) is 11.4 Å². The third-order valence-electron chi connectivity index (χ3n) is 4.55. The van der Waals surface area contributed by atoms with E-state index in [-0.39, 0.29) is 0 Å². The Kier molecular flexibility index (Phi) is 3.79. The molecule has 2 fully saturated rings. The SMILES string of the molecule is Cc1cc(CNC2CC2)ccc1N1CCCCC1C. The van der Waals surface area contributed by atoms with Crippen molar-refractivity contribution >= 4 is 5.69 Å². The zero-order valence-corrected chi connectivity index (χ0v) is 12.3. The molecule has 2 heteroatoms. The highest BCUT2D eigenvalue weighted by atomic mass is 15.2. The van der Waals surface area contributed by atoms with Crippen LogP contribution in [0.25, 0.3) is 0 Å². The molecule has 1 atom stereocenters. The van der Waals surface area contributed by atoms with Gasteiger partial charge in [-0.2, -0.15) is 0 Å². The third-order valence-corrected chi connectivity index (χ3v) is 4.55. The van der Waals surface area contributed by atoms with Gasteiger partial charge in [-0.15, -0.1) is 0 Å². The lowest BCUT2D eigenvalue weighted by Gasteiger charge is -2.36. The van der Waals surface area contributed by atoms with Crippen molar-refractivity contribution in [2.45, 2.75) is 64.6 Å². The lowest BCUT2D eigenvalue weighted by atomic mass is 10.0. The second-order valence-electron chi connectivity index (χ2n) is 6.31. The average molecular weight is 258 g/mol. The van der Waals surface area contributed by atoms with Gasteiger partial charge in [-0.25, -0.2) is 0 Å². The van der Waals surface area contributed by atoms with Crippen LogP contribution < -0.4 is 10.2 Å². The number of aryl methyl sites for hydroxylation is 1. The van der Waals surface area contributed by atoms with Gasteiger partial charge in [-0.1, -0.05) is 12.1 Å². The highest BCUT2D eigenvalue weighted by Gasteiger charge is 2.21. The maximum Gasteiger partial charge on any atom is 0.0398 e. The molecule has 0 amide bonds. The molecule has 1 heterocycles. The molecular weight excluding hydrogens is 232 g/mol. The van der Waals surface area contributed by atoms with Crippen molar-refractivity contribution < 1.29 is 0 Å². The van der Waals surface area contributed by atoms with E-state index in [1.54, 1.807) is 0 Å². The predicted molar refractivity (Wildman–Crippen MR) is 81.7 cm³/mol. The van der Waals surface area contributed by atoms with Crippen LogP contribution in [0.15, 0.2) is 18.2 Å². The summed E-state index contributed by atoms with van der Waals surface area (Å²) < 4.78 is 0. The first kappa shape index (κ1) is 13.0. The molecule has 1 saturated carbocycles. The zero-order valence-electron chi connectivity index (χ0n) is 12.3. The van der Waals surface area contributed by atoms with Gasteiger partial charge in [0.15, 0.2) is 0 Å². The quantitative estimate of drug-likeness (QED) is 0.887. The highest BCUT2D eigenvalue weighted by Crippen LogP contribution is 2.28. The molecule has 2 aliphatic rings. The summed E-state index contributed by atoms with van der Waals surface area (Å²) in [4.78, 5) is 2.59. The second-order valence-corrected chi connectivity index (χ2v) is 6.31. The summed E-state index contributed by atoms with van der Waals surface area (Å²) in [5.41, 5.74) is 4.31. The van der Waals surface area contributed by atoms with E-state index in [2.05, 4.69) is 42.3 Å². The van der Waals surface area contributed by atoms with Crippen molar-refractivity contribution in [1.82, 2.24) is 5.32 Å². The summed E-state index contributed by atoms with van der Waals surface area (Å²) in [6.07, 6.45) is 6.80. The number of rotatable bonds is 4. The van der Waals surface area contributed by atoms with Gasteiger partial charge >= 0.3 is 0 Å². The molecule has 104 valence electrons. The molecule has 1 aromatic rings. The minimum absolute atomic E-state index is 0.697. The number of nitrogens with zero attached hydrogens (tertiary/aromatic N) is 1. The van der Waals surface area contributed by atoms with Gasteiger partial charge in [0.2, 0.25) is 0 Å². The van der Waals surface area contributed by atoms with Crippen LogP contribution in [0.2, 0.25) is 0 Å². The molecule has 1 N–H and O–H groups in total. The monoisotopic (exact) mass is 258 g/mol. The molecule has 1 aliphatic heterocycles. The van der Waals surface area contributed by atoms with Crippen molar-refractivity contribution in [3.8, 4) is 0 Å². The Morgan fingerprint density at radius 1 is 1.21 bits per heavy atom. The fraction of sp³-hybridized carbons (Fsp3) is 0.647. The van der Waals surface area contributed by atoms with Crippen LogP contribution in [0.5, 0.6) is 0 Å². The Balaban J connectivity index is 1.70. The molecule has 0 radical (unpaired) electrons. The van der Waals surface area contributed by atoms with E-state index in [9.17, 15) is 0 Å². The van der Waals surface area contributed by atoms with E-state index in [1.165, 1.54) is 55.5 Å². The first-order chi connectivity index (χ1) is 9.24. The number of benzene rings is 1. The van der Waals surface area contributed by atoms with Crippen LogP contribution in [0.3, 0.4) is 0 Å². The van der Waals surface area contributed by atoms with Gasteiger partial charge in [-0.3, -0.25) is 0 Å². The summed E-state index contributed by atoms with van der Waals surface area (Å²) in [7, 11) is 0. The van der Waals surface area contributed by atoms with E-state index in [0.29, 0.717) is 6.04 Å². The Morgan fingerprint density at radius 3 is 2.74 bits per heavy atom. The molecule has 1 unspecified atom stereocenters. The molecule has 3 rings (SSSR count). The van der Waals surface area contributed by atoms with Crippen molar-refractivity contribution in [1.29, 1.82) is 0 Å². The number of piperidine rings is 1. The summed E-state index contributed by atoms with van der Waals surface area (Å²) >= 11 is 0. The Labute approximate surface area is 117 Å². The maximum absolute atomic E-state index is 3.59. The summed E-state index contributed by atoms with van der Waals surface area (Å²) in [6.45, 7) is 6.88. The van der Waals surface area contributed by atoms with E-state index in [0.717, 1.165) is 12.6 Å². The maximum atomic E-state index is 3.59. The van der Waals surface area contributed by atoms with Gasteiger partial charge in [0, 0.05) is 30.9 Å². The number of hydrogen-bond donors (Lipinski definition) is 1. The van der Waals surface area contributed by atoms with Gasteiger partial charge in [0.25, 0.3) is 0 Å². The second kappa shape index (κ2) is 5.54. The van der Waals surface area contributed by atoms with Gasteiger partial charge in [0.1, 0.15) is 0 Å². The van der Waals surface area contributed by atoms with Crippen molar-refractivity contribution in [3.63, 3.8) is 0 Å². The molecule has 1 saturated heterocycles. The largest absolute Gasteiger partial charge is 0.369 e. The minimum Gasteiger partial charge on any atom is -0.369 e. The Hall–Kier alpha value is -1.02. The molecule has 1 aliphatic carbocycles. The van der Waals surface area contributed by atoms with Gasteiger partial charge in [0.05, 0.1) is 0 Å². The van der Waals surface area contributed by atoms with Crippen LogP contribution in [0.1, 0.15) is 50.2 Å². The van der Waals surface area contributed by atoms with Gasteiger partial charge in [-0.05, 0) is 63.1 Å². The molecular formula is C17H26N2. The van der Waals surface area contributed by atoms with Crippen LogP contribution in [-0.4, -0.2) is 18.6 Å². The fourth-order valence-corrected chi connectivity index (χ4v) is 3.16. The van der Waals surface area contributed by atoms with Crippen molar-refractivity contribution in [3.05, 3.63) is 29.3 Å². The summed E-state index contributed by atoms with van der Waals surface area (Å²) in [6, 6.07) is 8.50. The van der Waals surface area contributed by atoms with Gasteiger partial charge < -0.3 is 10.2 Å². The smallest absolute Gasteiger partial charge is 0.0398 e. The minimum atomic E-state index is 0.697. The lowest BCUT2D eigenvalue weighted by molar-refractivity contribution is 0.484. The normalized spacial score (nSPS) is 23.7. The highest BCUT2D eigenvalue weighted by molar-refractivity contribution is 5.55. The van der Waals surface area contributed by atoms with Crippen molar-refractivity contribution in [2.24, 2.45) is 0 Å². The number of anilines is 1. The summed E-state index contributed by atoms with van der Waals surface area (Å²) in [5, 5.41) is 3.59. The van der Waals surface area contributed by atoms with Crippen LogP contribution >= 0.6 is 0 Å². The van der Waals surface area contributed by atoms with Crippen LogP contribution in [-0.2, 0) is 6.54 Å². The summed E-state index contributed by atoms with van der Waals surface area (Å²) in [5.74, 6) is 0. The first-order valence-electron chi connectivity index (χ1n) is 7.83. The lowest BCUT2D eigenvalue weighted by Crippen LogP contribution is -2.37. The van der Waals surface area contributed by atoms with Crippen LogP contribution in [0.4, 0.5) is 5.69 Å². The molecule has 0 spiro atoms. The zero-order chi connectivity index (χ0) is 13.2. The molecule has 2 nitrogen and oxygen atoms in total. The molecule has 1 aromatic carbocycles. The topological polar surface area (TPSA) is 15.3 Å². The molecule has 19 heavy (non-hydrogen) atoms. The Bertz CT molecular complexity index is 437. The van der Waals surface area contributed by atoms with Crippen LogP contribution in [0, 0.1) is 6.92 Å². The number of nitrogens with one attached hydrogen (secondary N) is 1. The molecule has 0 aromatic heterocycles. The average Bonchev–Trinajstić information content (AvgIpc) is 3.22. The third kappa shape index (κ3) is 3.11. The Morgan fingerprint density at radius 2 is 2.05 bits per heavy atom. The van der Waals surface area contributed by atoms with E-state index in [4.69, 9.17) is 0 Å². The van der Waals surface area contributed by atoms with E-state index < -0.39 is 0 Å². The molecule has 0 bridgehead atoms. The predicted octanol–water partition coefficient (Wildman–Crippen LogP) is 3.63. The number of hydrogen-bond acceptors (Lipinski definition) is 2. The standard InChI is InChI=1S/C17H26N2/c1-13-11-15(12-18-16-7-8-16)6-9-17(13)19-10-4-3-5-14(19)2/h6,9,11,14,16,18H,3-5,7-8,10,12H2,1-2H3. The van der Waals surface area contributed by atoms with E-state index in [1.807, 2.05) is 0 Å². The first-order valence-corrected chi connectivity index (χ1v) is 7.83.